The van der Waals surface area contributed by atoms with E-state index < -0.39 is 0 Å². The van der Waals surface area contributed by atoms with E-state index in [4.69, 9.17) is 4.74 Å². The average Bonchev–Trinajstić information content (AvgIpc) is 2.67. The summed E-state index contributed by atoms with van der Waals surface area (Å²) in [6, 6.07) is 17.3. The molecule has 0 fully saturated rings. The number of fused-ring (bicyclic) bond motifs is 1. The van der Waals surface area contributed by atoms with Gasteiger partial charge in [0.2, 0.25) is 0 Å². The molecular weight excluding hydrogens is 356 g/mol. The van der Waals surface area contributed by atoms with Crippen LogP contribution in [0.5, 0.6) is 11.5 Å². The van der Waals surface area contributed by atoms with Gasteiger partial charge in [0.25, 0.3) is 11.8 Å². The van der Waals surface area contributed by atoms with Crippen LogP contribution in [0.4, 0.5) is 5.69 Å². The summed E-state index contributed by atoms with van der Waals surface area (Å²) in [5, 5.41) is 16.7. The Morgan fingerprint density at radius 2 is 1.64 bits per heavy atom. The van der Waals surface area contributed by atoms with Crippen LogP contribution in [0, 0.1) is 0 Å². The summed E-state index contributed by atoms with van der Waals surface area (Å²) in [5.41, 5.74) is 0.864. The van der Waals surface area contributed by atoms with Gasteiger partial charge in [-0.3, -0.25) is 9.59 Å². The van der Waals surface area contributed by atoms with Crippen molar-refractivity contribution in [3.8, 4) is 11.5 Å². The maximum Gasteiger partial charge on any atom is 0.259 e. The first-order valence-corrected chi connectivity index (χ1v) is 8.98. The van der Waals surface area contributed by atoms with Crippen molar-refractivity contribution in [1.82, 2.24) is 5.32 Å². The number of hydrogen-bond donors (Lipinski definition) is 3. The second-order valence-electron chi connectivity index (χ2n) is 6.71. The molecule has 0 aliphatic heterocycles. The van der Waals surface area contributed by atoms with Crippen LogP contribution in [0.25, 0.3) is 10.8 Å². The van der Waals surface area contributed by atoms with Gasteiger partial charge in [0.1, 0.15) is 11.5 Å². The first-order chi connectivity index (χ1) is 13.4. The Labute approximate surface area is 163 Å². The van der Waals surface area contributed by atoms with Crippen LogP contribution in [0.3, 0.4) is 0 Å². The van der Waals surface area contributed by atoms with Gasteiger partial charge < -0.3 is 20.5 Å². The third-order valence-corrected chi connectivity index (χ3v) is 4.03. The van der Waals surface area contributed by atoms with Gasteiger partial charge in [-0.25, -0.2) is 0 Å². The van der Waals surface area contributed by atoms with Crippen LogP contribution in [0.2, 0.25) is 0 Å². The molecule has 6 nitrogen and oxygen atoms in total. The minimum atomic E-state index is -0.365. The molecule has 0 heterocycles. The number of anilines is 1. The number of aromatic hydroxyl groups is 1. The average molecular weight is 378 g/mol. The SMILES string of the molecule is CC(C)NC(=O)COc1cc2ccccc2cc1C(=O)Nc1ccc(O)cc1. The Balaban J connectivity index is 1.88. The number of phenols is 1. The van der Waals surface area contributed by atoms with Gasteiger partial charge in [0, 0.05) is 11.7 Å². The molecule has 3 N–H and O–H groups in total. The summed E-state index contributed by atoms with van der Waals surface area (Å²) < 4.78 is 5.67. The number of ether oxygens (including phenoxy) is 1. The third kappa shape index (κ3) is 4.79. The van der Waals surface area contributed by atoms with Crippen molar-refractivity contribution in [2.75, 3.05) is 11.9 Å². The second-order valence-corrected chi connectivity index (χ2v) is 6.71. The fraction of sp³-hybridized carbons (Fsp3) is 0.182. The van der Waals surface area contributed by atoms with Crippen LogP contribution in [-0.4, -0.2) is 29.6 Å². The van der Waals surface area contributed by atoms with E-state index in [0.29, 0.717) is 17.0 Å². The van der Waals surface area contributed by atoms with Crippen molar-refractivity contribution >= 4 is 28.3 Å². The number of nitrogens with one attached hydrogen (secondary N) is 2. The zero-order valence-corrected chi connectivity index (χ0v) is 15.7. The Bertz CT molecular complexity index is 997. The Hall–Kier alpha value is -3.54. The molecule has 0 aliphatic carbocycles. The number of carbonyl (C=O) groups is 2. The van der Waals surface area contributed by atoms with E-state index in [2.05, 4.69) is 10.6 Å². The maximum absolute atomic E-state index is 12.8. The lowest BCUT2D eigenvalue weighted by Crippen LogP contribution is -2.34. The molecule has 6 heteroatoms. The molecule has 2 amide bonds. The van der Waals surface area contributed by atoms with Gasteiger partial charge in [-0.05, 0) is 61.0 Å². The van der Waals surface area contributed by atoms with Crippen LogP contribution in [0.15, 0.2) is 60.7 Å². The van der Waals surface area contributed by atoms with Crippen molar-refractivity contribution in [2.24, 2.45) is 0 Å². The molecule has 0 aromatic heterocycles. The highest BCUT2D eigenvalue weighted by Gasteiger charge is 2.16. The molecule has 3 aromatic carbocycles. The first-order valence-electron chi connectivity index (χ1n) is 8.98. The number of phenolic OH excluding ortho intramolecular Hbond substituents is 1. The Morgan fingerprint density at radius 3 is 2.29 bits per heavy atom. The molecule has 0 radical (unpaired) electrons. The van der Waals surface area contributed by atoms with E-state index in [9.17, 15) is 14.7 Å². The molecule has 0 saturated carbocycles. The van der Waals surface area contributed by atoms with Crippen LogP contribution in [-0.2, 0) is 4.79 Å². The van der Waals surface area contributed by atoms with E-state index in [-0.39, 0.29) is 30.2 Å². The van der Waals surface area contributed by atoms with Gasteiger partial charge in [-0.2, -0.15) is 0 Å². The predicted octanol–water partition coefficient (Wildman–Crippen LogP) is 3.70. The van der Waals surface area contributed by atoms with E-state index >= 15 is 0 Å². The lowest BCUT2D eigenvalue weighted by molar-refractivity contribution is -0.123. The van der Waals surface area contributed by atoms with Crippen LogP contribution in [0.1, 0.15) is 24.2 Å². The molecule has 3 rings (SSSR count). The molecule has 0 aliphatic rings. The highest BCUT2D eigenvalue weighted by Crippen LogP contribution is 2.27. The third-order valence-electron chi connectivity index (χ3n) is 4.03. The quantitative estimate of drug-likeness (QED) is 0.571. The fourth-order valence-corrected chi connectivity index (χ4v) is 2.77. The maximum atomic E-state index is 12.8. The standard InChI is InChI=1S/C22H22N2O4/c1-14(2)23-21(26)13-28-20-12-16-6-4-3-5-15(16)11-19(20)22(27)24-17-7-9-18(25)10-8-17/h3-12,14,25H,13H2,1-2H3,(H,23,26)(H,24,27). The molecule has 0 saturated heterocycles. The minimum absolute atomic E-state index is 0.00460. The van der Waals surface area contributed by atoms with Crippen molar-refractivity contribution < 1.29 is 19.4 Å². The Morgan fingerprint density at radius 1 is 1.00 bits per heavy atom. The fourth-order valence-electron chi connectivity index (χ4n) is 2.77. The minimum Gasteiger partial charge on any atom is -0.508 e. The summed E-state index contributed by atoms with van der Waals surface area (Å²) in [6.45, 7) is 3.55. The van der Waals surface area contributed by atoms with E-state index in [1.807, 2.05) is 38.1 Å². The van der Waals surface area contributed by atoms with Crippen LogP contribution < -0.4 is 15.4 Å². The van der Waals surface area contributed by atoms with E-state index in [1.165, 1.54) is 12.1 Å². The normalized spacial score (nSPS) is 10.7. The summed E-state index contributed by atoms with van der Waals surface area (Å²) in [6.07, 6.45) is 0. The van der Waals surface area contributed by atoms with Gasteiger partial charge >= 0.3 is 0 Å². The molecule has 28 heavy (non-hydrogen) atoms. The highest BCUT2D eigenvalue weighted by molar-refractivity contribution is 6.08. The summed E-state index contributed by atoms with van der Waals surface area (Å²) >= 11 is 0. The monoisotopic (exact) mass is 378 g/mol. The zero-order valence-electron chi connectivity index (χ0n) is 15.7. The molecule has 0 bridgehead atoms. The van der Waals surface area contributed by atoms with Crippen molar-refractivity contribution in [3.05, 3.63) is 66.2 Å². The first kappa shape index (κ1) is 19.2. The predicted molar refractivity (Wildman–Crippen MR) is 109 cm³/mol. The summed E-state index contributed by atoms with van der Waals surface area (Å²) in [7, 11) is 0. The number of hydrogen-bond acceptors (Lipinski definition) is 4. The van der Waals surface area contributed by atoms with Gasteiger partial charge in [-0.15, -0.1) is 0 Å². The smallest absolute Gasteiger partial charge is 0.259 e. The molecule has 0 unspecified atom stereocenters. The van der Waals surface area contributed by atoms with Gasteiger partial charge in [0.05, 0.1) is 5.56 Å². The second kappa shape index (κ2) is 8.43. The largest absolute Gasteiger partial charge is 0.508 e. The molecule has 3 aromatic rings. The molecular formula is C22H22N2O4. The lowest BCUT2D eigenvalue weighted by Gasteiger charge is -2.14. The number of benzene rings is 3. The summed E-state index contributed by atoms with van der Waals surface area (Å²) in [5.74, 6) is -0.179. The number of carbonyl (C=O) groups excluding carboxylic acids is 2. The van der Waals surface area contributed by atoms with Crippen molar-refractivity contribution in [3.63, 3.8) is 0 Å². The summed E-state index contributed by atoms with van der Waals surface area (Å²) in [4.78, 5) is 24.8. The lowest BCUT2D eigenvalue weighted by atomic mass is 10.1. The van der Waals surface area contributed by atoms with Crippen LogP contribution >= 0.6 is 0 Å². The number of amides is 2. The zero-order chi connectivity index (χ0) is 20.1. The number of rotatable bonds is 6. The highest BCUT2D eigenvalue weighted by atomic mass is 16.5. The van der Waals surface area contributed by atoms with Crippen molar-refractivity contribution in [2.45, 2.75) is 19.9 Å². The van der Waals surface area contributed by atoms with E-state index in [0.717, 1.165) is 10.8 Å². The molecule has 0 spiro atoms. The van der Waals surface area contributed by atoms with Gasteiger partial charge in [0.15, 0.2) is 6.61 Å². The molecule has 0 atom stereocenters. The van der Waals surface area contributed by atoms with E-state index in [1.54, 1.807) is 24.3 Å². The Kier molecular flexibility index (Phi) is 5.79. The molecule has 144 valence electrons. The van der Waals surface area contributed by atoms with Crippen molar-refractivity contribution in [1.29, 1.82) is 0 Å². The van der Waals surface area contributed by atoms with Gasteiger partial charge in [-0.1, -0.05) is 24.3 Å². The topological polar surface area (TPSA) is 87.7 Å².